The van der Waals surface area contributed by atoms with Crippen LogP contribution in [0.2, 0.25) is 0 Å². The number of likely N-dealkylation sites (tertiary alicyclic amines) is 1. The van der Waals surface area contributed by atoms with E-state index in [-0.39, 0.29) is 17.9 Å². The van der Waals surface area contributed by atoms with Gasteiger partial charge in [0.2, 0.25) is 0 Å². The minimum atomic E-state index is -0.301. The number of benzene rings is 1. The van der Waals surface area contributed by atoms with Crippen molar-refractivity contribution in [1.82, 2.24) is 9.88 Å². The molecule has 0 spiro atoms. The summed E-state index contributed by atoms with van der Waals surface area (Å²) >= 11 is 0. The van der Waals surface area contributed by atoms with Crippen molar-refractivity contribution in [2.75, 3.05) is 26.2 Å². The first-order valence-corrected chi connectivity index (χ1v) is 8.24. The van der Waals surface area contributed by atoms with Crippen molar-refractivity contribution in [3.8, 4) is 5.75 Å². The number of pyridine rings is 1. The van der Waals surface area contributed by atoms with Crippen molar-refractivity contribution in [3.05, 3.63) is 36.3 Å². The number of carbonyl (C=O) groups is 1. The van der Waals surface area contributed by atoms with Gasteiger partial charge in [-0.3, -0.25) is 14.7 Å². The molecule has 2 aromatic rings. The van der Waals surface area contributed by atoms with Gasteiger partial charge < -0.3 is 9.47 Å². The Morgan fingerprint density at radius 2 is 2.12 bits per heavy atom. The highest BCUT2D eigenvalue weighted by Gasteiger charge is 2.23. The number of rotatable bonds is 5. The largest absolute Gasteiger partial charge is 0.490 e. The van der Waals surface area contributed by atoms with Crippen LogP contribution in [0.4, 0.5) is 4.39 Å². The Morgan fingerprint density at radius 3 is 2.88 bits per heavy atom. The molecule has 1 aromatic heterocycles. The van der Waals surface area contributed by atoms with Crippen LogP contribution >= 0.6 is 0 Å². The zero-order valence-corrected chi connectivity index (χ0v) is 13.7. The van der Waals surface area contributed by atoms with Gasteiger partial charge in [0.05, 0.1) is 18.7 Å². The first-order valence-electron chi connectivity index (χ1n) is 8.24. The average Bonchev–Trinajstić information content (AvgIpc) is 2.57. The molecule has 1 aliphatic heterocycles. The van der Waals surface area contributed by atoms with Crippen LogP contribution in [0.5, 0.6) is 5.75 Å². The van der Waals surface area contributed by atoms with E-state index in [0.717, 1.165) is 25.9 Å². The number of nitrogens with zero attached hydrogens (tertiary/aromatic N) is 2. The second kappa shape index (κ2) is 7.57. The summed E-state index contributed by atoms with van der Waals surface area (Å²) in [5.74, 6) is 0.167. The van der Waals surface area contributed by atoms with Gasteiger partial charge in [-0.1, -0.05) is 0 Å². The van der Waals surface area contributed by atoms with E-state index < -0.39 is 0 Å². The van der Waals surface area contributed by atoms with Gasteiger partial charge in [-0.05, 0) is 44.0 Å². The van der Waals surface area contributed by atoms with E-state index in [0.29, 0.717) is 29.8 Å². The van der Waals surface area contributed by atoms with E-state index in [1.165, 1.54) is 12.1 Å². The van der Waals surface area contributed by atoms with E-state index in [1.54, 1.807) is 25.3 Å². The molecule has 128 valence electrons. The summed E-state index contributed by atoms with van der Waals surface area (Å²) in [7, 11) is 0. The van der Waals surface area contributed by atoms with Crippen LogP contribution in [-0.2, 0) is 9.53 Å². The van der Waals surface area contributed by atoms with Crippen LogP contribution in [0.1, 0.15) is 19.8 Å². The van der Waals surface area contributed by atoms with Crippen molar-refractivity contribution in [1.29, 1.82) is 0 Å². The van der Waals surface area contributed by atoms with Crippen molar-refractivity contribution >= 4 is 16.9 Å². The van der Waals surface area contributed by atoms with Crippen LogP contribution < -0.4 is 4.74 Å². The van der Waals surface area contributed by atoms with Crippen molar-refractivity contribution in [2.24, 2.45) is 0 Å². The molecular formula is C18H21FN2O3. The van der Waals surface area contributed by atoms with Gasteiger partial charge in [-0.25, -0.2) is 4.39 Å². The molecule has 0 saturated carbocycles. The molecule has 0 aliphatic carbocycles. The molecule has 0 unspecified atom stereocenters. The number of halogens is 1. The van der Waals surface area contributed by atoms with E-state index in [2.05, 4.69) is 9.88 Å². The molecule has 0 atom stereocenters. The molecule has 1 aromatic carbocycles. The van der Waals surface area contributed by atoms with E-state index >= 15 is 0 Å². The third kappa shape index (κ3) is 4.00. The normalized spacial score (nSPS) is 16.2. The highest BCUT2D eigenvalue weighted by Crippen LogP contribution is 2.27. The zero-order chi connectivity index (χ0) is 16.9. The van der Waals surface area contributed by atoms with Crippen LogP contribution in [0, 0.1) is 5.82 Å². The first-order chi connectivity index (χ1) is 11.7. The smallest absolute Gasteiger partial charge is 0.320 e. The maximum absolute atomic E-state index is 13.5. The lowest BCUT2D eigenvalue weighted by Crippen LogP contribution is -2.41. The maximum Gasteiger partial charge on any atom is 0.320 e. The van der Waals surface area contributed by atoms with Gasteiger partial charge in [0.25, 0.3) is 0 Å². The molecule has 0 amide bonds. The maximum atomic E-state index is 13.5. The van der Waals surface area contributed by atoms with E-state index in [9.17, 15) is 9.18 Å². The Labute approximate surface area is 140 Å². The fourth-order valence-corrected chi connectivity index (χ4v) is 2.95. The predicted octanol–water partition coefficient (Wildman–Crippen LogP) is 2.78. The highest BCUT2D eigenvalue weighted by molar-refractivity contribution is 5.84. The topological polar surface area (TPSA) is 51.7 Å². The summed E-state index contributed by atoms with van der Waals surface area (Å²) in [5.41, 5.74) is 0.716. The SMILES string of the molecule is CCOC(=O)CN1CCC(Oc2ccnc3ccc(F)cc23)CC1. The minimum absolute atomic E-state index is 0.0531. The number of ether oxygens (including phenoxy) is 2. The third-order valence-electron chi connectivity index (χ3n) is 4.15. The van der Waals surface area contributed by atoms with Crippen LogP contribution in [0.25, 0.3) is 10.9 Å². The summed E-state index contributed by atoms with van der Waals surface area (Å²) in [5, 5.41) is 0.687. The lowest BCUT2D eigenvalue weighted by atomic mass is 10.1. The molecule has 0 radical (unpaired) electrons. The molecule has 1 aliphatic rings. The van der Waals surface area contributed by atoms with Crippen molar-refractivity contribution in [3.63, 3.8) is 0 Å². The molecule has 2 heterocycles. The quantitative estimate of drug-likeness (QED) is 0.788. The number of esters is 1. The van der Waals surface area contributed by atoms with Gasteiger partial charge in [0, 0.05) is 24.7 Å². The lowest BCUT2D eigenvalue weighted by Gasteiger charge is -2.31. The number of hydrogen-bond acceptors (Lipinski definition) is 5. The summed E-state index contributed by atoms with van der Waals surface area (Å²) in [6.07, 6.45) is 3.36. The number of piperidine rings is 1. The Morgan fingerprint density at radius 1 is 1.33 bits per heavy atom. The number of carbonyl (C=O) groups excluding carboxylic acids is 1. The average molecular weight is 332 g/mol. The number of fused-ring (bicyclic) bond motifs is 1. The molecular weight excluding hydrogens is 311 g/mol. The van der Waals surface area contributed by atoms with Gasteiger partial charge in [-0.15, -0.1) is 0 Å². The van der Waals surface area contributed by atoms with Gasteiger partial charge in [0.1, 0.15) is 17.7 Å². The summed E-state index contributed by atoms with van der Waals surface area (Å²) < 4.78 is 24.5. The Bertz CT molecular complexity index is 714. The first kappa shape index (κ1) is 16.6. The van der Waals surface area contributed by atoms with E-state index in [1.807, 2.05) is 0 Å². The Hall–Kier alpha value is -2.21. The highest BCUT2D eigenvalue weighted by atomic mass is 19.1. The van der Waals surface area contributed by atoms with Crippen LogP contribution in [-0.4, -0.2) is 48.2 Å². The molecule has 0 N–H and O–H groups in total. The van der Waals surface area contributed by atoms with Gasteiger partial charge in [0.15, 0.2) is 0 Å². The number of aromatic nitrogens is 1. The minimum Gasteiger partial charge on any atom is -0.490 e. The second-order valence-electron chi connectivity index (χ2n) is 5.87. The van der Waals surface area contributed by atoms with Crippen molar-refractivity contribution in [2.45, 2.75) is 25.9 Å². The predicted molar refractivity (Wildman–Crippen MR) is 88.4 cm³/mol. The Balaban J connectivity index is 1.60. The Kier molecular flexibility index (Phi) is 5.25. The molecule has 24 heavy (non-hydrogen) atoms. The van der Waals surface area contributed by atoms with Crippen LogP contribution in [0.15, 0.2) is 30.5 Å². The molecule has 1 fully saturated rings. The molecule has 6 heteroatoms. The van der Waals surface area contributed by atoms with Crippen molar-refractivity contribution < 1.29 is 18.7 Å². The fourth-order valence-electron chi connectivity index (χ4n) is 2.95. The van der Waals surface area contributed by atoms with Crippen LogP contribution in [0.3, 0.4) is 0 Å². The number of hydrogen-bond donors (Lipinski definition) is 0. The monoisotopic (exact) mass is 332 g/mol. The summed E-state index contributed by atoms with van der Waals surface area (Å²) in [4.78, 5) is 17.8. The summed E-state index contributed by atoms with van der Waals surface area (Å²) in [6.45, 7) is 4.09. The standard InChI is InChI=1S/C18H21FN2O3/c1-2-23-18(22)12-21-9-6-14(7-10-21)24-17-5-8-20-16-4-3-13(19)11-15(16)17/h3-5,8,11,14H,2,6-7,9-10,12H2,1H3. The van der Waals surface area contributed by atoms with E-state index in [4.69, 9.17) is 9.47 Å². The zero-order valence-electron chi connectivity index (χ0n) is 13.7. The molecule has 0 bridgehead atoms. The third-order valence-corrected chi connectivity index (χ3v) is 4.15. The molecule has 1 saturated heterocycles. The second-order valence-corrected chi connectivity index (χ2v) is 5.87. The summed E-state index contributed by atoms with van der Waals surface area (Å²) in [6, 6.07) is 6.27. The van der Waals surface area contributed by atoms with Gasteiger partial charge in [-0.2, -0.15) is 0 Å². The molecule has 5 nitrogen and oxygen atoms in total. The fraction of sp³-hybridized carbons (Fsp3) is 0.444. The molecule has 3 rings (SSSR count). The van der Waals surface area contributed by atoms with Gasteiger partial charge >= 0.3 is 5.97 Å². The lowest BCUT2D eigenvalue weighted by molar-refractivity contribution is -0.144.